The Morgan fingerprint density at radius 3 is 2.86 bits per heavy atom. The predicted molar refractivity (Wildman–Crippen MR) is 56.5 cm³/mol. The van der Waals surface area contributed by atoms with Crippen LogP contribution < -0.4 is 4.74 Å². The molecule has 0 spiro atoms. The van der Waals surface area contributed by atoms with Crippen molar-refractivity contribution in [2.75, 3.05) is 0 Å². The van der Waals surface area contributed by atoms with E-state index in [-0.39, 0.29) is 0 Å². The number of rotatable bonds is 3. The first-order valence-electron chi connectivity index (χ1n) is 4.49. The molecular weight excluding hydrogens is 198 g/mol. The SMILES string of the molecule is CCC(C#N)Oc1cc(Cl)ccc1C. The van der Waals surface area contributed by atoms with Crippen LogP contribution >= 0.6 is 11.6 Å². The molecule has 0 aliphatic heterocycles. The Bertz CT molecular complexity index is 357. The lowest BCUT2D eigenvalue weighted by Crippen LogP contribution is -2.12. The Hall–Kier alpha value is -1.20. The molecular formula is C11H12ClNO. The molecule has 0 saturated carbocycles. The number of benzene rings is 1. The summed E-state index contributed by atoms with van der Waals surface area (Å²) in [6.07, 6.45) is 0.273. The second kappa shape index (κ2) is 4.88. The highest BCUT2D eigenvalue weighted by molar-refractivity contribution is 6.30. The molecule has 0 N–H and O–H groups in total. The lowest BCUT2D eigenvalue weighted by Gasteiger charge is -2.12. The maximum atomic E-state index is 8.74. The molecule has 1 unspecified atom stereocenters. The van der Waals surface area contributed by atoms with Gasteiger partial charge in [-0.15, -0.1) is 0 Å². The van der Waals surface area contributed by atoms with Gasteiger partial charge in [-0.1, -0.05) is 24.6 Å². The molecule has 3 heteroatoms. The normalized spacial score (nSPS) is 11.9. The van der Waals surface area contributed by atoms with Crippen LogP contribution in [0.3, 0.4) is 0 Å². The number of nitrogens with zero attached hydrogens (tertiary/aromatic N) is 1. The van der Waals surface area contributed by atoms with Crippen LogP contribution in [-0.4, -0.2) is 6.10 Å². The molecule has 14 heavy (non-hydrogen) atoms. The molecule has 0 heterocycles. The summed E-state index contributed by atoms with van der Waals surface area (Å²) in [5.74, 6) is 0.686. The first kappa shape index (κ1) is 10.9. The lowest BCUT2D eigenvalue weighted by molar-refractivity contribution is 0.250. The summed E-state index contributed by atoms with van der Waals surface area (Å²) >= 11 is 5.82. The fourth-order valence-corrected chi connectivity index (χ4v) is 1.22. The molecule has 0 aromatic heterocycles. The van der Waals surface area contributed by atoms with Crippen LogP contribution in [0.1, 0.15) is 18.9 Å². The van der Waals surface area contributed by atoms with Crippen molar-refractivity contribution in [3.05, 3.63) is 28.8 Å². The first-order chi connectivity index (χ1) is 6.67. The van der Waals surface area contributed by atoms with E-state index >= 15 is 0 Å². The number of hydrogen-bond donors (Lipinski definition) is 0. The van der Waals surface area contributed by atoms with Gasteiger partial charge in [-0.3, -0.25) is 0 Å². The number of nitriles is 1. The van der Waals surface area contributed by atoms with Crippen molar-refractivity contribution in [2.45, 2.75) is 26.4 Å². The van der Waals surface area contributed by atoms with Crippen LogP contribution in [0, 0.1) is 18.3 Å². The Labute approximate surface area is 89.1 Å². The van der Waals surface area contributed by atoms with E-state index in [9.17, 15) is 0 Å². The van der Waals surface area contributed by atoms with Gasteiger partial charge in [-0.05, 0) is 31.0 Å². The standard InChI is InChI=1S/C11H12ClNO/c1-3-10(7-13)14-11-6-9(12)5-4-8(11)2/h4-6,10H,3H2,1-2H3. The van der Waals surface area contributed by atoms with Gasteiger partial charge in [-0.25, -0.2) is 0 Å². The highest BCUT2D eigenvalue weighted by Gasteiger charge is 2.08. The third-order valence-corrected chi connectivity index (χ3v) is 2.17. The van der Waals surface area contributed by atoms with E-state index in [0.29, 0.717) is 17.2 Å². The Balaban J connectivity index is 2.86. The van der Waals surface area contributed by atoms with E-state index in [1.807, 2.05) is 19.9 Å². The summed E-state index contributed by atoms with van der Waals surface area (Å²) in [7, 11) is 0. The van der Waals surface area contributed by atoms with E-state index in [2.05, 4.69) is 6.07 Å². The Morgan fingerprint density at radius 1 is 1.57 bits per heavy atom. The van der Waals surface area contributed by atoms with E-state index in [1.165, 1.54) is 0 Å². The van der Waals surface area contributed by atoms with Crippen LogP contribution in [0.2, 0.25) is 5.02 Å². The first-order valence-corrected chi connectivity index (χ1v) is 4.87. The number of halogens is 1. The average Bonchev–Trinajstić information content (AvgIpc) is 2.19. The van der Waals surface area contributed by atoms with Gasteiger partial charge < -0.3 is 4.74 Å². The predicted octanol–water partition coefficient (Wildman–Crippen LogP) is 3.33. The monoisotopic (exact) mass is 209 g/mol. The van der Waals surface area contributed by atoms with Gasteiger partial charge in [-0.2, -0.15) is 5.26 Å². The molecule has 1 atom stereocenters. The Kier molecular flexibility index (Phi) is 3.79. The van der Waals surface area contributed by atoms with Crippen molar-refractivity contribution in [2.24, 2.45) is 0 Å². The van der Waals surface area contributed by atoms with Gasteiger partial charge in [0, 0.05) is 5.02 Å². The smallest absolute Gasteiger partial charge is 0.184 e. The highest BCUT2D eigenvalue weighted by atomic mass is 35.5. The number of ether oxygens (including phenoxy) is 1. The van der Waals surface area contributed by atoms with Crippen LogP contribution in [0.4, 0.5) is 0 Å². The third kappa shape index (κ3) is 2.65. The van der Waals surface area contributed by atoms with Gasteiger partial charge in [0.1, 0.15) is 11.8 Å². The molecule has 1 rings (SSSR count). The van der Waals surface area contributed by atoms with Crippen molar-refractivity contribution in [1.29, 1.82) is 5.26 Å². The van der Waals surface area contributed by atoms with Crippen LogP contribution in [0.15, 0.2) is 18.2 Å². The van der Waals surface area contributed by atoms with Crippen LogP contribution in [0.25, 0.3) is 0 Å². The molecule has 0 aliphatic carbocycles. The van der Waals surface area contributed by atoms with E-state index in [1.54, 1.807) is 12.1 Å². The molecule has 1 aromatic carbocycles. The minimum absolute atomic E-state index is 0.396. The van der Waals surface area contributed by atoms with Gasteiger partial charge in [0.05, 0.1) is 0 Å². The largest absolute Gasteiger partial charge is 0.475 e. The molecule has 0 amide bonds. The fraction of sp³-hybridized carbons (Fsp3) is 0.364. The quantitative estimate of drug-likeness (QED) is 0.765. The summed E-state index contributed by atoms with van der Waals surface area (Å²) in [5, 5.41) is 9.36. The van der Waals surface area contributed by atoms with E-state index < -0.39 is 6.10 Å². The van der Waals surface area contributed by atoms with Gasteiger partial charge >= 0.3 is 0 Å². The molecule has 2 nitrogen and oxygen atoms in total. The van der Waals surface area contributed by atoms with Crippen molar-refractivity contribution in [1.82, 2.24) is 0 Å². The Morgan fingerprint density at radius 2 is 2.29 bits per heavy atom. The minimum atomic E-state index is -0.396. The summed E-state index contributed by atoms with van der Waals surface area (Å²) in [6, 6.07) is 7.49. The summed E-state index contributed by atoms with van der Waals surface area (Å²) in [6.45, 7) is 3.84. The lowest BCUT2D eigenvalue weighted by atomic mass is 10.2. The zero-order valence-electron chi connectivity index (χ0n) is 8.25. The molecule has 0 aliphatic rings. The zero-order chi connectivity index (χ0) is 10.6. The average molecular weight is 210 g/mol. The molecule has 0 radical (unpaired) electrons. The fourth-order valence-electron chi connectivity index (χ4n) is 1.06. The van der Waals surface area contributed by atoms with E-state index in [0.717, 1.165) is 5.56 Å². The van der Waals surface area contributed by atoms with Crippen molar-refractivity contribution >= 4 is 11.6 Å². The van der Waals surface area contributed by atoms with Crippen molar-refractivity contribution < 1.29 is 4.74 Å². The summed E-state index contributed by atoms with van der Waals surface area (Å²) in [4.78, 5) is 0. The second-order valence-electron chi connectivity index (χ2n) is 3.05. The van der Waals surface area contributed by atoms with Crippen LogP contribution in [0.5, 0.6) is 5.75 Å². The van der Waals surface area contributed by atoms with Gasteiger partial charge in [0.25, 0.3) is 0 Å². The van der Waals surface area contributed by atoms with Crippen LogP contribution in [-0.2, 0) is 0 Å². The minimum Gasteiger partial charge on any atom is -0.475 e. The maximum Gasteiger partial charge on any atom is 0.184 e. The highest BCUT2D eigenvalue weighted by Crippen LogP contribution is 2.23. The number of hydrogen-bond acceptors (Lipinski definition) is 2. The summed E-state index contributed by atoms with van der Waals surface area (Å²) < 4.78 is 5.48. The molecule has 0 fully saturated rings. The van der Waals surface area contributed by atoms with Crippen molar-refractivity contribution in [3.63, 3.8) is 0 Å². The molecule has 74 valence electrons. The van der Waals surface area contributed by atoms with E-state index in [4.69, 9.17) is 21.6 Å². The zero-order valence-corrected chi connectivity index (χ0v) is 9.01. The topological polar surface area (TPSA) is 33.0 Å². The molecule has 0 bridgehead atoms. The summed E-state index contributed by atoms with van der Waals surface area (Å²) in [5.41, 5.74) is 0.989. The third-order valence-electron chi connectivity index (χ3n) is 1.93. The number of aryl methyl sites for hydroxylation is 1. The van der Waals surface area contributed by atoms with Crippen molar-refractivity contribution in [3.8, 4) is 11.8 Å². The van der Waals surface area contributed by atoms with Gasteiger partial charge in [0.2, 0.25) is 0 Å². The van der Waals surface area contributed by atoms with Gasteiger partial charge in [0.15, 0.2) is 6.10 Å². The second-order valence-corrected chi connectivity index (χ2v) is 3.49. The molecule has 0 saturated heterocycles. The molecule has 1 aromatic rings. The maximum absolute atomic E-state index is 8.74.